The van der Waals surface area contributed by atoms with Crippen LogP contribution in [0.15, 0.2) is 85.1 Å². The smallest absolute Gasteiger partial charge is 0.0457 e. The summed E-state index contributed by atoms with van der Waals surface area (Å²) in [5.41, 5.74) is 11.3. The number of hydrogen-bond acceptors (Lipinski definition) is 0. The van der Waals surface area contributed by atoms with Crippen LogP contribution in [-0.4, -0.2) is 4.98 Å². The van der Waals surface area contributed by atoms with Crippen molar-refractivity contribution < 1.29 is 0 Å². The molecule has 0 saturated carbocycles. The Morgan fingerprint density at radius 1 is 0.556 bits per heavy atom. The highest BCUT2D eigenvalue weighted by molar-refractivity contribution is 5.83. The third-order valence-corrected chi connectivity index (χ3v) is 5.75. The second-order valence-corrected chi connectivity index (χ2v) is 7.37. The van der Waals surface area contributed by atoms with Gasteiger partial charge in [0.2, 0.25) is 0 Å². The van der Waals surface area contributed by atoms with Gasteiger partial charge in [-0.05, 0) is 71.2 Å². The molecule has 1 heterocycles. The van der Waals surface area contributed by atoms with Gasteiger partial charge in [0.15, 0.2) is 0 Å². The van der Waals surface area contributed by atoms with E-state index in [1.807, 2.05) is 6.20 Å². The summed E-state index contributed by atoms with van der Waals surface area (Å²) in [6.07, 6.45) is 6.99. The Labute approximate surface area is 160 Å². The number of aryl methyl sites for hydroxylation is 2. The molecule has 4 aromatic rings. The molecule has 6 rings (SSSR count). The molecular weight excluding hydrogens is 326 g/mol. The summed E-state index contributed by atoms with van der Waals surface area (Å²) in [5.74, 6) is 0. The van der Waals surface area contributed by atoms with E-state index in [-0.39, 0.29) is 0 Å². The maximum atomic E-state index is 3.31. The van der Waals surface area contributed by atoms with Gasteiger partial charge in [-0.15, -0.1) is 0 Å². The van der Waals surface area contributed by atoms with Crippen molar-refractivity contribution in [2.45, 2.75) is 25.7 Å². The zero-order chi connectivity index (χ0) is 18.1. The molecule has 3 aromatic carbocycles. The minimum absolute atomic E-state index is 1.04. The fourth-order valence-electron chi connectivity index (χ4n) is 4.42. The first-order chi connectivity index (χ1) is 13.4. The fraction of sp³-hybridized carbons (Fsp3) is 0.154. The summed E-state index contributed by atoms with van der Waals surface area (Å²) >= 11 is 0. The molecule has 1 nitrogen and oxygen atoms in total. The molecular formula is C26H23N. The van der Waals surface area contributed by atoms with Gasteiger partial charge in [-0.1, -0.05) is 66.7 Å². The number of aromatic amines is 1. The van der Waals surface area contributed by atoms with E-state index in [2.05, 4.69) is 83.8 Å². The Morgan fingerprint density at radius 2 is 1.22 bits per heavy atom. The highest BCUT2D eigenvalue weighted by Gasteiger charge is 2.20. The molecule has 2 aliphatic carbocycles. The molecule has 0 aliphatic heterocycles. The molecule has 0 fully saturated rings. The Bertz CT molecular complexity index is 1050. The average molecular weight is 349 g/mol. The monoisotopic (exact) mass is 349 g/mol. The van der Waals surface area contributed by atoms with E-state index in [4.69, 9.17) is 0 Å². The van der Waals surface area contributed by atoms with E-state index in [0.29, 0.717) is 0 Å². The van der Waals surface area contributed by atoms with E-state index >= 15 is 0 Å². The van der Waals surface area contributed by atoms with Gasteiger partial charge < -0.3 is 4.98 Å². The van der Waals surface area contributed by atoms with Gasteiger partial charge in [0.25, 0.3) is 0 Å². The number of rotatable bonds is 1. The molecule has 0 amide bonds. The van der Waals surface area contributed by atoms with E-state index in [9.17, 15) is 0 Å². The van der Waals surface area contributed by atoms with E-state index < -0.39 is 0 Å². The predicted molar refractivity (Wildman–Crippen MR) is 113 cm³/mol. The van der Waals surface area contributed by atoms with Gasteiger partial charge >= 0.3 is 0 Å². The van der Waals surface area contributed by atoms with Crippen molar-refractivity contribution in [3.63, 3.8) is 0 Å². The molecule has 2 aliphatic rings. The van der Waals surface area contributed by atoms with Crippen LogP contribution in [-0.2, 0) is 19.3 Å². The largest absolute Gasteiger partial charge is 0.361 e. The number of hydrogen-bond donors (Lipinski definition) is 1. The second-order valence-electron chi connectivity index (χ2n) is 7.37. The third kappa shape index (κ3) is 3.00. The summed E-state index contributed by atoms with van der Waals surface area (Å²) in [7, 11) is 0. The van der Waals surface area contributed by atoms with Crippen molar-refractivity contribution in [1.82, 2.24) is 4.98 Å². The van der Waals surface area contributed by atoms with Crippen molar-refractivity contribution in [3.05, 3.63) is 107 Å². The van der Waals surface area contributed by atoms with Crippen LogP contribution in [0.4, 0.5) is 0 Å². The first-order valence-electron chi connectivity index (χ1n) is 9.81. The van der Waals surface area contributed by atoms with E-state index in [1.165, 1.54) is 52.8 Å². The number of H-pyrrole nitrogens is 1. The Balaban J connectivity index is 0.000000149. The maximum Gasteiger partial charge on any atom is 0.0457 e. The summed E-state index contributed by atoms with van der Waals surface area (Å²) in [5, 5.41) is 0. The Kier molecular flexibility index (Phi) is 4.14. The molecule has 1 N–H and O–H groups in total. The standard InChI is InChI=1S/C17H13N.C9H10/c1-2-6-13-12(5-1)11-16-14(13)7-3-8-15(16)17-9-4-10-18-17;1-2-5-9-7-3-6-8(9)4-1/h1-10,18H,11H2;1-2,4-5H,3,6-7H2. The van der Waals surface area contributed by atoms with Gasteiger partial charge in [0, 0.05) is 17.5 Å². The molecule has 0 radical (unpaired) electrons. The molecule has 0 saturated heterocycles. The molecule has 0 bridgehead atoms. The topological polar surface area (TPSA) is 15.8 Å². The molecule has 0 unspecified atom stereocenters. The lowest BCUT2D eigenvalue weighted by Gasteiger charge is -2.06. The number of fused-ring (bicyclic) bond motifs is 4. The van der Waals surface area contributed by atoms with E-state index in [0.717, 1.165) is 6.42 Å². The lowest BCUT2D eigenvalue weighted by molar-refractivity contribution is 0.912. The maximum absolute atomic E-state index is 3.31. The van der Waals surface area contributed by atoms with Crippen molar-refractivity contribution in [1.29, 1.82) is 0 Å². The minimum atomic E-state index is 1.04. The second kappa shape index (κ2) is 6.92. The van der Waals surface area contributed by atoms with Crippen molar-refractivity contribution in [3.8, 4) is 22.4 Å². The van der Waals surface area contributed by atoms with Crippen LogP contribution >= 0.6 is 0 Å². The van der Waals surface area contributed by atoms with Gasteiger partial charge in [-0.25, -0.2) is 0 Å². The molecule has 1 heteroatoms. The van der Waals surface area contributed by atoms with Crippen LogP contribution in [0, 0.1) is 0 Å². The first-order valence-corrected chi connectivity index (χ1v) is 9.81. The first kappa shape index (κ1) is 16.1. The minimum Gasteiger partial charge on any atom is -0.361 e. The van der Waals surface area contributed by atoms with Crippen molar-refractivity contribution in [2.24, 2.45) is 0 Å². The van der Waals surface area contributed by atoms with Crippen molar-refractivity contribution in [2.75, 3.05) is 0 Å². The highest BCUT2D eigenvalue weighted by Crippen LogP contribution is 2.40. The fourth-order valence-corrected chi connectivity index (χ4v) is 4.42. The van der Waals surface area contributed by atoms with Crippen LogP contribution in [0.1, 0.15) is 28.7 Å². The highest BCUT2D eigenvalue weighted by atomic mass is 14.7. The third-order valence-electron chi connectivity index (χ3n) is 5.75. The quantitative estimate of drug-likeness (QED) is 0.359. The summed E-state index contributed by atoms with van der Waals surface area (Å²) in [6.45, 7) is 0. The number of aromatic nitrogens is 1. The van der Waals surface area contributed by atoms with Gasteiger partial charge in [0.05, 0.1) is 0 Å². The van der Waals surface area contributed by atoms with Crippen LogP contribution in [0.2, 0.25) is 0 Å². The molecule has 132 valence electrons. The lowest BCUT2D eigenvalue weighted by atomic mass is 9.99. The molecule has 27 heavy (non-hydrogen) atoms. The average Bonchev–Trinajstić information content (AvgIpc) is 3.46. The number of nitrogens with one attached hydrogen (secondary N) is 1. The van der Waals surface area contributed by atoms with Crippen LogP contribution in [0.3, 0.4) is 0 Å². The van der Waals surface area contributed by atoms with Gasteiger partial charge in [-0.3, -0.25) is 0 Å². The van der Waals surface area contributed by atoms with Crippen LogP contribution < -0.4 is 0 Å². The molecule has 0 atom stereocenters. The zero-order valence-corrected chi connectivity index (χ0v) is 15.4. The SMILES string of the molecule is c1c[nH]c(-c2cccc3c2Cc2ccccc2-3)c1.c1ccc2c(c1)CCC2. The zero-order valence-electron chi connectivity index (χ0n) is 15.4. The lowest BCUT2D eigenvalue weighted by Crippen LogP contribution is -1.87. The van der Waals surface area contributed by atoms with Crippen molar-refractivity contribution >= 4 is 0 Å². The normalized spacial score (nSPS) is 13.3. The Morgan fingerprint density at radius 3 is 1.96 bits per heavy atom. The predicted octanol–water partition coefficient (Wildman–Crippen LogP) is 6.43. The summed E-state index contributed by atoms with van der Waals surface area (Å²) < 4.78 is 0. The Hall–Kier alpha value is -3.06. The van der Waals surface area contributed by atoms with Gasteiger partial charge in [0.1, 0.15) is 0 Å². The number of benzene rings is 3. The molecule has 0 spiro atoms. The summed E-state index contributed by atoms with van der Waals surface area (Å²) in [4.78, 5) is 3.31. The van der Waals surface area contributed by atoms with E-state index in [1.54, 1.807) is 11.1 Å². The van der Waals surface area contributed by atoms with Gasteiger partial charge in [-0.2, -0.15) is 0 Å². The summed E-state index contributed by atoms with van der Waals surface area (Å²) in [6, 6.07) is 28.2. The van der Waals surface area contributed by atoms with Crippen LogP contribution in [0.25, 0.3) is 22.4 Å². The molecule has 1 aromatic heterocycles. The van der Waals surface area contributed by atoms with Crippen LogP contribution in [0.5, 0.6) is 0 Å².